The number of rotatable bonds is 2. The predicted octanol–water partition coefficient (Wildman–Crippen LogP) is 1.56. The number of amides is 1. The van der Waals surface area contributed by atoms with Gasteiger partial charge in [-0.2, -0.15) is 18.3 Å². The van der Waals surface area contributed by atoms with Gasteiger partial charge in [0.1, 0.15) is 0 Å². The minimum Gasteiger partial charge on any atom is -0.333 e. The van der Waals surface area contributed by atoms with Crippen LogP contribution in [0.1, 0.15) is 37.4 Å². The second kappa shape index (κ2) is 4.72. The van der Waals surface area contributed by atoms with Gasteiger partial charge < -0.3 is 10.6 Å². The Morgan fingerprint density at radius 2 is 2.14 bits per heavy atom. The average molecular weight is 302 g/mol. The Hall–Kier alpha value is -1.57. The fourth-order valence-electron chi connectivity index (χ4n) is 3.03. The van der Waals surface area contributed by atoms with Crippen LogP contribution in [0.5, 0.6) is 0 Å². The van der Waals surface area contributed by atoms with E-state index in [9.17, 15) is 18.0 Å². The Bertz CT molecular complexity index is 552. The molecule has 8 heteroatoms. The van der Waals surface area contributed by atoms with Crippen LogP contribution in [0.2, 0.25) is 0 Å². The molecule has 1 unspecified atom stereocenters. The number of halogens is 3. The molecule has 2 heterocycles. The number of nitrogens with zero attached hydrogens (tertiary/aromatic N) is 3. The van der Waals surface area contributed by atoms with E-state index >= 15 is 0 Å². The largest absolute Gasteiger partial charge is 0.471 e. The molecule has 5 nitrogen and oxygen atoms in total. The first kappa shape index (κ1) is 14.4. The highest BCUT2D eigenvalue weighted by molar-refractivity contribution is 5.82. The monoisotopic (exact) mass is 302 g/mol. The van der Waals surface area contributed by atoms with Crippen LogP contribution in [0.25, 0.3) is 0 Å². The molecule has 2 aliphatic rings. The number of aromatic nitrogens is 2. The van der Waals surface area contributed by atoms with Crippen molar-refractivity contribution in [1.82, 2.24) is 14.7 Å². The normalized spacial score (nSPS) is 27.0. The average Bonchev–Trinajstić information content (AvgIpc) is 2.93. The van der Waals surface area contributed by atoms with Gasteiger partial charge >= 0.3 is 12.1 Å². The first-order valence-electron chi connectivity index (χ1n) is 7.00. The summed E-state index contributed by atoms with van der Waals surface area (Å²) in [7, 11) is 0. The summed E-state index contributed by atoms with van der Waals surface area (Å²) in [4.78, 5) is 12.1. The van der Waals surface area contributed by atoms with Gasteiger partial charge in [0.15, 0.2) is 0 Å². The molecule has 1 saturated heterocycles. The van der Waals surface area contributed by atoms with E-state index in [-0.39, 0.29) is 19.1 Å². The first-order valence-corrected chi connectivity index (χ1v) is 7.00. The molecule has 0 spiro atoms. The lowest BCUT2D eigenvalue weighted by atomic mass is 9.90. The van der Waals surface area contributed by atoms with Crippen molar-refractivity contribution in [3.63, 3.8) is 0 Å². The summed E-state index contributed by atoms with van der Waals surface area (Å²) < 4.78 is 39.4. The lowest BCUT2D eigenvalue weighted by molar-refractivity contribution is -0.184. The lowest BCUT2D eigenvalue weighted by Crippen LogP contribution is -2.46. The van der Waals surface area contributed by atoms with Gasteiger partial charge in [-0.1, -0.05) is 0 Å². The van der Waals surface area contributed by atoms with Crippen LogP contribution in [0, 0.1) is 0 Å². The third-order valence-corrected chi connectivity index (χ3v) is 4.43. The molecular formula is C13H17F3N4O. The van der Waals surface area contributed by atoms with E-state index in [1.807, 2.05) is 4.68 Å². The Morgan fingerprint density at radius 3 is 2.71 bits per heavy atom. The van der Waals surface area contributed by atoms with Crippen LogP contribution in [0.3, 0.4) is 0 Å². The smallest absolute Gasteiger partial charge is 0.333 e. The maximum Gasteiger partial charge on any atom is 0.471 e. The number of carbonyl (C=O) groups excluding carboxylic acids is 1. The topological polar surface area (TPSA) is 64.2 Å². The van der Waals surface area contributed by atoms with Gasteiger partial charge in [-0.25, -0.2) is 0 Å². The minimum atomic E-state index is -4.85. The zero-order valence-corrected chi connectivity index (χ0v) is 11.4. The Labute approximate surface area is 119 Å². The second-order valence-corrected chi connectivity index (χ2v) is 5.88. The molecule has 0 radical (unpaired) electrons. The summed E-state index contributed by atoms with van der Waals surface area (Å²) in [5.41, 5.74) is 6.07. The Balaban J connectivity index is 1.80. The molecular weight excluding hydrogens is 285 g/mol. The summed E-state index contributed by atoms with van der Waals surface area (Å²) in [6, 6.07) is 2.03. The third kappa shape index (κ3) is 2.41. The van der Waals surface area contributed by atoms with Crippen molar-refractivity contribution >= 4 is 5.91 Å². The van der Waals surface area contributed by atoms with Crippen molar-refractivity contribution < 1.29 is 18.0 Å². The number of hydrogen-bond acceptors (Lipinski definition) is 3. The van der Waals surface area contributed by atoms with Gasteiger partial charge in [-0.3, -0.25) is 9.48 Å². The molecule has 0 aromatic carbocycles. The number of likely N-dealkylation sites (tertiary alicyclic amines) is 1. The van der Waals surface area contributed by atoms with Gasteiger partial charge in [0, 0.05) is 19.3 Å². The van der Waals surface area contributed by atoms with Crippen LogP contribution >= 0.6 is 0 Å². The van der Waals surface area contributed by atoms with E-state index in [0.717, 1.165) is 29.9 Å². The SMILES string of the molecule is NC1(c2ccnn2C2CCC2)CCN(C(=O)C(F)(F)F)C1. The van der Waals surface area contributed by atoms with Crippen LogP contribution in [0.15, 0.2) is 12.3 Å². The van der Waals surface area contributed by atoms with Crippen molar-refractivity contribution in [2.24, 2.45) is 5.73 Å². The van der Waals surface area contributed by atoms with Crippen LogP contribution in [0.4, 0.5) is 13.2 Å². The number of alkyl halides is 3. The number of nitrogens with two attached hydrogens (primary N) is 1. The van der Waals surface area contributed by atoms with Gasteiger partial charge in [-0.15, -0.1) is 0 Å². The molecule has 2 fully saturated rings. The Morgan fingerprint density at radius 1 is 1.43 bits per heavy atom. The summed E-state index contributed by atoms with van der Waals surface area (Å²) >= 11 is 0. The first-order chi connectivity index (χ1) is 9.81. The molecule has 1 atom stereocenters. The van der Waals surface area contributed by atoms with E-state index in [1.165, 1.54) is 0 Å². The Kier molecular flexibility index (Phi) is 3.23. The van der Waals surface area contributed by atoms with Gasteiger partial charge in [0.05, 0.1) is 17.3 Å². The summed E-state index contributed by atoms with van der Waals surface area (Å²) in [5.74, 6) is -1.82. The van der Waals surface area contributed by atoms with Gasteiger partial charge in [-0.05, 0) is 31.7 Å². The van der Waals surface area contributed by atoms with Crippen molar-refractivity contribution in [3.05, 3.63) is 18.0 Å². The van der Waals surface area contributed by atoms with Crippen LogP contribution < -0.4 is 5.73 Å². The standard InChI is InChI=1S/C13H17F3N4O/c14-13(15,16)11(21)19-7-5-12(17,8-19)10-4-6-18-20(10)9-2-1-3-9/h4,6,9H,1-3,5,7-8,17H2. The quantitative estimate of drug-likeness (QED) is 0.901. The predicted molar refractivity (Wildman–Crippen MR) is 68.2 cm³/mol. The van der Waals surface area contributed by atoms with E-state index < -0.39 is 17.6 Å². The van der Waals surface area contributed by atoms with Gasteiger partial charge in [0.25, 0.3) is 0 Å². The molecule has 1 aliphatic carbocycles. The molecule has 0 bridgehead atoms. The zero-order chi connectivity index (χ0) is 15.3. The van der Waals surface area contributed by atoms with Crippen LogP contribution in [-0.4, -0.2) is 39.9 Å². The second-order valence-electron chi connectivity index (χ2n) is 5.88. The molecule has 3 rings (SSSR count). The molecule has 21 heavy (non-hydrogen) atoms. The molecule has 1 aromatic heterocycles. The van der Waals surface area contributed by atoms with Crippen molar-refractivity contribution in [3.8, 4) is 0 Å². The summed E-state index contributed by atoms with van der Waals surface area (Å²) in [5, 5.41) is 4.26. The van der Waals surface area contributed by atoms with E-state index in [4.69, 9.17) is 5.73 Å². The molecule has 116 valence electrons. The number of carbonyl (C=O) groups is 1. The third-order valence-electron chi connectivity index (χ3n) is 4.43. The van der Waals surface area contributed by atoms with E-state index in [2.05, 4.69) is 5.10 Å². The summed E-state index contributed by atoms with van der Waals surface area (Å²) in [6.07, 6.45) is 0.231. The fraction of sp³-hybridized carbons (Fsp3) is 0.692. The molecule has 2 N–H and O–H groups in total. The maximum absolute atomic E-state index is 12.5. The fourth-order valence-corrected chi connectivity index (χ4v) is 3.03. The minimum absolute atomic E-state index is 0.0185. The molecule has 1 amide bonds. The van der Waals surface area contributed by atoms with Crippen molar-refractivity contribution in [2.45, 2.75) is 43.4 Å². The number of hydrogen-bond donors (Lipinski definition) is 1. The van der Waals surface area contributed by atoms with Gasteiger partial charge in [0.2, 0.25) is 0 Å². The van der Waals surface area contributed by atoms with E-state index in [0.29, 0.717) is 6.42 Å². The maximum atomic E-state index is 12.5. The summed E-state index contributed by atoms with van der Waals surface area (Å²) in [6.45, 7) is -0.103. The lowest BCUT2D eigenvalue weighted by Gasteiger charge is -2.32. The van der Waals surface area contributed by atoms with E-state index in [1.54, 1.807) is 12.3 Å². The molecule has 1 saturated carbocycles. The highest BCUT2D eigenvalue weighted by Crippen LogP contribution is 2.37. The van der Waals surface area contributed by atoms with Crippen molar-refractivity contribution in [2.75, 3.05) is 13.1 Å². The highest BCUT2D eigenvalue weighted by Gasteiger charge is 2.49. The highest BCUT2D eigenvalue weighted by atomic mass is 19.4. The molecule has 1 aliphatic heterocycles. The van der Waals surface area contributed by atoms with Crippen molar-refractivity contribution in [1.29, 1.82) is 0 Å². The zero-order valence-electron chi connectivity index (χ0n) is 11.4. The van der Waals surface area contributed by atoms with Crippen LogP contribution in [-0.2, 0) is 10.3 Å². The molecule has 1 aromatic rings.